The van der Waals surface area contributed by atoms with Gasteiger partial charge in [-0.25, -0.2) is 9.37 Å². The van der Waals surface area contributed by atoms with E-state index in [9.17, 15) is 9.18 Å². The number of nitrogens with zero attached hydrogens (tertiary/aromatic N) is 2. The van der Waals surface area contributed by atoms with Crippen molar-refractivity contribution in [1.82, 2.24) is 9.88 Å². The lowest BCUT2D eigenvalue weighted by Gasteiger charge is -2.17. The molecule has 2 rings (SSSR count). The summed E-state index contributed by atoms with van der Waals surface area (Å²) < 4.78 is 13.7. The zero-order valence-electron chi connectivity index (χ0n) is 11.8. The second-order valence-electron chi connectivity index (χ2n) is 4.73. The van der Waals surface area contributed by atoms with E-state index >= 15 is 0 Å². The molecule has 1 N–H and O–H groups in total. The molecule has 0 radical (unpaired) electrons. The Kier molecular flexibility index (Phi) is 5.41. The van der Waals surface area contributed by atoms with Crippen LogP contribution in [0, 0.1) is 5.82 Å². The van der Waals surface area contributed by atoms with Gasteiger partial charge in [-0.1, -0.05) is 19.1 Å². The number of thiazole rings is 1. The summed E-state index contributed by atoms with van der Waals surface area (Å²) >= 11 is 1.37. The first-order valence-electron chi connectivity index (χ1n) is 6.73. The van der Waals surface area contributed by atoms with Crippen LogP contribution in [0.4, 0.5) is 4.39 Å². The Hall–Kier alpha value is -1.79. The molecule has 1 aromatic heterocycles. The van der Waals surface area contributed by atoms with E-state index < -0.39 is 5.97 Å². The molecule has 0 atom stereocenters. The Labute approximate surface area is 126 Å². The van der Waals surface area contributed by atoms with Crippen molar-refractivity contribution < 1.29 is 14.3 Å². The highest BCUT2D eigenvalue weighted by atomic mass is 32.1. The number of aromatic nitrogens is 1. The quantitative estimate of drug-likeness (QED) is 0.853. The molecular weight excluding hydrogens is 291 g/mol. The van der Waals surface area contributed by atoms with Crippen molar-refractivity contribution in [3.8, 4) is 10.6 Å². The third kappa shape index (κ3) is 4.34. The van der Waals surface area contributed by atoms with Crippen molar-refractivity contribution in [2.45, 2.75) is 19.9 Å². The zero-order valence-corrected chi connectivity index (χ0v) is 12.6. The number of hydrogen-bond donors (Lipinski definition) is 1. The molecule has 0 saturated heterocycles. The summed E-state index contributed by atoms with van der Waals surface area (Å²) in [6.45, 7) is 3.14. The molecule has 0 bridgehead atoms. The Morgan fingerprint density at radius 2 is 2.19 bits per heavy atom. The second kappa shape index (κ2) is 7.28. The standard InChI is InChI=1S/C15H17FN2O2S/c1-2-7-18(9-14(19)20)8-11-10-21-15(17-11)12-5-3-4-6-13(12)16/h3-6,10H,2,7-9H2,1H3,(H,19,20). The average Bonchev–Trinajstić information content (AvgIpc) is 2.87. The molecule has 0 aliphatic heterocycles. The number of hydrogen-bond acceptors (Lipinski definition) is 4. The van der Waals surface area contributed by atoms with Crippen LogP contribution in [0.15, 0.2) is 29.6 Å². The first-order chi connectivity index (χ1) is 10.1. The number of benzene rings is 1. The molecule has 0 unspecified atom stereocenters. The van der Waals surface area contributed by atoms with Gasteiger partial charge >= 0.3 is 5.97 Å². The summed E-state index contributed by atoms with van der Waals surface area (Å²) in [6.07, 6.45) is 0.873. The monoisotopic (exact) mass is 308 g/mol. The molecular formula is C15H17FN2O2S. The minimum absolute atomic E-state index is 0.0135. The van der Waals surface area contributed by atoms with Gasteiger partial charge in [0.25, 0.3) is 0 Å². The molecule has 4 nitrogen and oxygen atoms in total. The Morgan fingerprint density at radius 3 is 2.86 bits per heavy atom. The first kappa shape index (κ1) is 15.6. The van der Waals surface area contributed by atoms with Crippen LogP contribution in [0.25, 0.3) is 10.6 Å². The molecule has 0 aliphatic rings. The predicted octanol–water partition coefficient (Wildman–Crippen LogP) is 3.25. The van der Waals surface area contributed by atoms with Crippen LogP contribution in [-0.2, 0) is 11.3 Å². The van der Waals surface area contributed by atoms with Gasteiger partial charge in [-0.05, 0) is 25.1 Å². The normalized spacial score (nSPS) is 11.0. The largest absolute Gasteiger partial charge is 0.480 e. The summed E-state index contributed by atoms with van der Waals surface area (Å²) in [7, 11) is 0. The van der Waals surface area contributed by atoms with Crippen LogP contribution < -0.4 is 0 Å². The van der Waals surface area contributed by atoms with E-state index in [0.717, 1.165) is 12.1 Å². The van der Waals surface area contributed by atoms with Gasteiger partial charge in [0.05, 0.1) is 12.2 Å². The molecule has 0 fully saturated rings. The van der Waals surface area contributed by atoms with Crippen molar-refractivity contribution in [1.29, 1.82) is 0 Å². The Morgan fingerprint density at radius 1 is 1.43 bits per heavy atom. The van der Waals surface area contributed by atoms with Crippen molar-refractivity contribution in [2.75, 3.05) is 13.1 Å². The van der Waals surface area contributed by atoms with E-state index in [0.29, 0.717) is 23.7 Å². The highest BCUT2D eigenvalue weighted by Gasteiger charge is 2.13. The maximum absolute atomic E-state index is 13.7. The van der Waals surface area contributed by atoms with Gasteiger partial charge in [-0.15, -0.1) is 11.3 Å². The first-order valence-corrected chi connectivity index (χ1v) is 7.61. The number of carbonyl (C=O) groups is 1. The summed E-state index contributed by atoms with van der Waals surface area (Å²) in [5, 5.41) is 11.4. The van der Waals surface area contributed by atoms with Crippen LogP contribution in [0.5, 0.6) is 0 Å². The van der Waals surface area contributed by atoms with Crippen molar-refractivity contribution in [2.24, 2.45) is 0 Å². The zero-order chi connectivity index (χ0) is 15.2. The van der Waals surface area contributed by atoms with E-state index in [2.05, 4.69) is 4.98 Å². The second-order valence-corrected chi connectivity index (χ2v) is 5.59. The fourth-order valence-electron chi connectivity index (χ4n) is 2.09. The predicted molar refractivity (Wildman–Crippen MR) is 80.7 cm³/mol. The molecule has 21 heavy (non-hydrogen) atoms. The minimum Gasteiger partial charge on any atom is -0.480 e. The molecule has 112 valence electrons. The van der Waals surface area contributed by atoms with Gasteiger partial charge in [0.15, 0.2) is 0 Å². The van der Waals surface area contributed by atoms with E-state index in [-0.39, 0.29) is 12.4 Å². The SMILES string of the molecule is CCCN(CC(=O)O)Cc1csc(-c2ccccc2F)n1. The molecule has 0 aliphatic carbocycles. The van der Waals surface area contributed by atoms with Crippen LogP contribution in [-0.4, -0.2) is 34.0 Å². The van der Waals surface area contributed by atoms with Gasteiger partial charge in [0, 0.05) is 17.5 Å². The minimum atomic E-state index is -0.854. The maximum Gasteiger partial charge on any atom is 0.317 e. The van der Waals surface area contributed by atoms with Gasteiger partial charge in [0.2, 0.25) is 0 Å². The number of carboxylic acid groups (broad SMARTS) is 1. The smallest absolute Gasteiger partial charge is 0.317 e. The fourth-order valence-corrected chi connectivity index (χ4v) is 2.93. The van der Waals surface area contributed by atoms with E-state index in [1.807, 2.05) is 17.2 Å². The molecule has 2 aromatic rings. The summed E-state index contributed by atoms with van der Waals surface area (Å²) in [4.78, 5) is 17.1. The van der Waals surface area contributed by atoms with Gasteiger partial charge < -0.3 is 5.11 Å². The highest BCUT2D eigenvalue weighted by molar-refractivity contribution is 7.13. The molecule has 0 spiro atoms. The lowest BCUT2D eigenvalue weighted by Crippen LogP contribution is -2.30. The Balaban J connectivity index is 2.12. The number of halogens is 1. The van der Waals surface area contributed by atoms with Crippen LogP contribution in [0.2, 0.25) is 0 Å². The summed E-state index contributed by atoms with van der Waals surface area (Å²) in [5.41, 5.74) is 1.25. The number of aliphatic carboxylic acids is 1. The third-order valence-corrected chi connectivity index (χ3v) is 3.86. The topological polar surface area (TPSA) is 53.4 Å². The van der Waals surface area contributed by atoms with E-state index in [1.54, 1.807) is 18.2 Å². The van der Waals surface area contributed by atoms with Gasteiger partial charge in [-0.3, -0.25) is 9.69 Å². The maximum atomic E-state index is 13.7. The van der Waals surface area contributed by atoms with Crippen molar-refractivity contribution in [3.05, 3.63) is 41.2 Å². The van der Waals surface area contributed by atoms with Crippen molar-refractivity contribution in [3.63, 3.8) is 0 Å². The third-order valence-electron chi connectivity index (χ3n) is 2.94. The molecule has 6 heteroatoms. The van der Waals surface area contributed by atoms with Gasteiger partial charge in [-0.2, -0.15) is 0 Å². The number of rotatable bonds is 7. The average molecular weight is 308 g/mol. The van der Waals surface area contributed by atoms with E-state index in [4.69, 9.17) is 5.11 Å². The fraction of sp³-hybridized carbons (Fsp3) is 0.333. The molecule has 0 amide bonds. The lowest BCUT2D eigenvalue weighted by atomic mass is 10.2. The summed E-state index contributed by atoms with van der Waals surface area (Å²) in [5.74, 6) is -1.15. The number of carboxylic acids is 1. The molecule has 1 aromatic carbocycles. The van der Waals surface area contributed by atoms with Gasteiger partial charge in [0.1, 0.15) is 10.8 Å². The lowest BCUT2D eigenvalue weighted by molar-refractivity contribution is -0.138. The van der Waals surface area contributed by atoms with Crippen molar-refractivity contribution >= 4 is 17.3 Å². The highest BCUT2D eigenvalue weighted by Crippen LogP contribution is 2.26. The Bertz CT molecular complexity index is 615. The molecule has 0 saturated carbocycles. The van der Waals surface area contributed by atoms with E-state index in [1.165, 1.54) is 17.4 Å². The molecule has 1 heterocycles. The van der Waals surface area contributed by atoms with Crippen LogP contribution in [0.3, 0.4) is 0 Å². The summed E-state index contributed by atoms with van der Waals surface area (Å²) in [6, 6.07) is 6.51. The van der Waals surface area contributed by atoms with Crippen LogP contribution >= 0.6 is 11.3 Å². The van der Waals surface area contributed by atoms with Crippen LogP contribution in [0.1, 0.15) is 19.0 Å².